The van der Waals surface area contributed by atoms with E-state index in [1.54, 1.807) is 0 Å². The maximum atomic E-state index is 11.6. The van der Waals surface area contributed by atoms with Gasteiger partial charge in [-0.1, -0.05) is 20.8 Å². The molecule has 0 saturated heterocycles. The van der Waals surface area contributed by atoms with E-state index in [2.05, 4.69) is 31.4 Å². The van der Waals surface area contributed by atoms with E-state index in [0.717, 1.165) is 13.0 Å². The smallest absolute Gasteiger partial charge is 0.221 e. The monoisotopic (exact) mass is 240 g/mol. The largest absolute Gasteiger partial charge is 0.354 e. The van der Waals surface area contributed by atoms with Crippen LogP contribution >= 0.6 is 0 Å². The molecule has 1 aliphatic carbocycles. The highest BCUT2D eigenvalue weighted by atomic mass is 16.1. The van der Waals surface area contributed by atoms with Gasteiger partial charge in [0.15, 0.2) is 0 Å². The molecule has 100 valence electrons. The molecule has 1 rings (SSSR count). The molecule has 3 heteroatoms. The van der Waals surface area contributed by atoms with E-state index in [1.807, 2.05) is 6.92 Å². The third-order valence-electron chi connectivity index (χ3n) is 3.77. The van der Waals surface area contributed by atoms with Crippen molar-refractivity contribution in [3.8, 4) is 0 Å². The Morgan fingerprint density at radius 2 is 2.18 bits per heavy atom. The first kappa shape index (κ1) is 14.5. The summed E-state index contributed by atoms with van der Waals surface area (Å²) in [5, 5.41) is 6.49. The van der Waals surface area contributed by atoms with Crippen molar-refractivity contribution in [2.45, 2.75) is 71.9 Å². The van der Waals surface area contributed by atoms with E-state index in [9.17, 15) is 4.79 Å². The fraction of sp³-hybridized carbons (Fsp3) is 0.929. The van der Waals surface area contributed by atoms with Gasteiger partial charge in [-0.2, -0.15) is 0 Å². The van der Waals surface area contributed by atoms with Crippen molar-refractivity contribution in [3.05, 3.63) is 0 Å². The van der Waals surface area contributed by atoms with Crippen molar-refractivity contribution in [1.82, 2.24) is 10.6 Å². The van der Waals surface area contributed by atoms with Crippen LogP contribution in [0.4, 0.5) is 0 Å². The van der Waals surface area contributed by atoms with Gasteiger partial charge in [-0.05, 0) is 38.0 Å². The average molecular weight is 240 g/mol. The summed E-state index contributed by atoms with van der Waals surface area (Å²) in [5.41, 5.74) is 0.483. The Bertz CT molecular complexity index is 251. The predicted octanol–water partition coefficient (Wildman–Crippen LogP) is 2.46. The summed E-state index contributed by atoms with van der Waals surface area (Å²) < 4.78 is 0. The Labute approximate surface area is 106 Å². The summed E-state index contributed by atoms with van der Waals surface area (Å²) in [5.74, 6) is 0.170. The first-order valence-electron chi connectivity index (χ1n) is 6.95. The Hall–Kier alpha value is -0.570. The van der Waals surface area contributed by atoms with Gasteiger partial charge in [-0.15, -0.1) is 0 Å². The first-order chi connectivity index (χ1) is 7.93. The van der Waals surface area contributed by atoms with Crippen LogP contribution in [0.5, 0.6) is 0 Å². The van der Waals surface area contributed by atoms with Gasteiger partial charge in [0.2, 0.25) is 5.91 Å². The molecule has 0 aromatic carbocycles. The number of amides is 1. The number of rotatable bonds is 6. The molecule has 0 aliphatic heterocycles. The summed E-state index contributed by atoms with van der Waals surface area (Å²) in [7, 11) is 0. The highest BCUT2D eigenvalue weighted by Crippen LogP contribution is 2.36. The first-order valence-corrected chi connectivity index (χ1v) is 6.95. The SMILES string of the molecule is CCC(C)NC(=O)CCNC1CCC(C)(C)C1. The number of carbonyl (C=O) groups excluding carboxylic acids is 1. The summed E-state index contributed by atoms with van der Waals surface area (Å²) in [6, 6.07) is 0.911. The number of carbonyl (C=O) groups is 1. The number of hydrogen-bond acceptors (Lipinski definition) is 2. The van der Waals surface area contributed by atoms with Crippen LogP contribution in [0.25, 0.3) is 0 Å². The summed E-state index contributed by atoms with van der Waals surface area (Å²) in [4.78, 5) is 11.6. The molecule has 0 bridgehead atoms. The molecule has 17 heavy (non-hydrogen) atoms. The zero-order chi connectivity index (χ0) is 12.9. The minimum absolute atomic E-state index is 0.170. The van der Waals surface area contributed by atoms with Gasteiger partial charge in [0, 0.05) is 25.0 Å². The topological polar surface area (TPSA) is 41.1 Å². The lowest BCUT2D eigenvalue weighted by Gasteiger charge is -2.18. The standard InChI is InChI=1S/C14H28N2O/c1-5-11(2)16-13(17)7-9-15-12-6-8-14(3,4)10-12/h11-12,15H,5-10H2,1-4H3,(H,16,17). The van der Waals surface area contributed by atoms with Crippen LogP contribution in [0, 0.1) is 5.41 Å². The van der Waals surface area contributed by atoms with Crippen LogP contribution in [0.2, 0.25) is 0 Å². The van der Waals surface area contributed by atoms with Crippen molar-refractivity contribution in [3.63, 3.8) is 0 Å². The summed E-state index contributed by atoms with van der Waals surface area (Å²) in [6.07, 6.45) is 5.38. The lowest BCUT2D eigenvalue weighted by molar-refractivity contribution is -0.121. The Kier molecular flexibility index (Phi) is 5.44. The molecule has 0 aromatic rings. The molecule has 0 spiro atoms. The maximum Gasteiger partial charge on any atom is 0.221 e. The van der Waals surface area contributed by atoms with Crippen LogP contribution in [0.3, 0.4) is 0 Å². The number of hydrogen-bond donors (Lipinski definition) is 2. The van der Waals surface area contributed by atoms with E-state index in [-0.39, 0.29) is 5.91 Å². The van der Waals surface area contributed by atoms with Gasteiger partial charge in [-0.25, -0.2) is 0 Å². The molecule has 2 N–H and O–H groups in total. The van der Waals surface area contributed by atoms with E-state index in [1.165, 1.54) is 19.3 Å². The molecule has 2 unspecified atom stereocenters. The molecule has 0 radical (unpaired) electrons. The van der Waals surface area contributed by atoms with Gasteiger partial charge < -0.3 is 10.6 Å². The lowest BCUT2D eigenvalue weighted by Crippen LogP contribution is -2.36. The molecule has 0 heterocycles. The minimum Gasteiger partial charge on any atom is -0.354 e. The minimum atomic E-state index is 0.170. The molecule has 2 atom stereocenters. The Morgan fingerprint density at radius 3 is 2.71 bits per heavy atom. The van der Waals surface area contributed by atoms with Gasteiger partial charge in [0.05, 0.1) is 0 Å². The highest BCUT2D eigenvalue weighted by molar-refractivity contribution is 5.76. The van der Waals surface area contributed by atoms with Crippen LogP contribution in [-0.2, 0) is 4.79 Å². The zero-order valence-corrected chi connectivity index (χ0v) is 11.8. The molecular formula is C14H28N2O. The van der Waals surface area contributed by atoms with Crippen LogP contribution in [0.15, 0.2) is 0 Å². The van der Waals surface area contributed by atoms with E-state index >= 15 is 0 Å². The third kappa shape index (κ3) is 5.53. The van der Waals surface area contributed by atoms with Gasteiger partial charge in [0.1, 0.15) is 0 Å². The second kappa shape index (κ2) is 6.39. The second-order valence-electron chi connectivity index (χ2n) is 6.18. The molecule has 3 nitrogen and oxygen atoms in total. The van der Waals surface area contributed by atoms with E-state index in [4.69, 9.17) is 0 Å². The van der Waals surface area contributed by atoms with Crippen molar-refractivity contribution in [2.24, 2.45) is 5.41 Å². The molecular weight excluding hydrogens is 212 g/mol. The fourth-order valence-corrected chi connectivity index (χ4v) is 2.45. The quantitative estimate of drug-likeness (QED) is 0.749. The number of nitrogens with one attached hydrogen (secondary N) is 2. The molecule has 1 amide bonds. The van der Waals surface area contributed by atoms with Crippen LogP contribution in [-0.4, -0.2) is 24.5 Å². The van der Waals surface area contributed by atoms with Crippen LogP contribution in [0.1, 0.15) is 59.8 Å². The van der Waals surface area contributed by atoms with E-state index < -0.39 is 0 Å². The molecule has 1 fully saturated rings. The molecule has 0 aromatic heterocycles. The lowest BCUT2D eigenvalue weighted by atomic mass is 9.92. The van der Waals surface area contributed by atoms with Gasteiger partial charge in [-0.3, -0.25) is 4.79 Å². The van der Waals surface area contributed by atoms with Crippen molar-refractivity contribution < 1.29 is 4.79 Å². The normalized spacial score (nSPS) is 24.6. The fourth-order valence-electron chi connectivity index (χ4n) is 2.45. The second-order valence-corrected chi connectivity index (χ2v) is 6.18. The predicted molar refractivity (Wildman–Crippen MR) is 71.9 cm³/mol. The third-order valence-corrected chi connectivity index (χ3v) is 3.77. The van der Waals surface area contributed by atoms with Gasteiger partial charge >= 0.3 is 0 Å². The average Bonchev–Trinajstić information content (AvgIpc) is 2.58. The highest BCUT2D eigenvalue weighted by Gasteiger charge is 2.30. The van der Waals surface area contributed by atoms with Gasteiger partial charge in [0.25, 0.3) is 0 Å². The molecule has 1 saturated carbocycles. The maximum absolute atomic E-state index is 11.6. The zero-order valence-electron chi connectivity index (χ0n) is 11.8. The van der Waals surface area contributed by atoms with Crippen molar-refractivity contribution >= 4 is 5.91 Å². The molecule has 1 aliphatic rings. The van der Waals surface area contributed by atoms with Crippen molar-refractivity contribution in [1.29, 1.82) is 0 Å². The van der Waals surface area contributed by atoms with Crippen molar-refractivity contribution in [2.75, 3.05) is 6.54 Å². The Balaban J connectivity index is 2.10. The van der Waals surface area contributed by atoms with E-state index in [0.29, 0.717) is 23.9 Å². The Morgan fingerprint density at radius 1 is 1.47 bits per heavy atom. The van der Waals surface area contributed by atoms with Crippen LogP contribution < -0.4 is 10.6 Å². The summed E-state index contributed by atoms with van der Waals surface area (Å²) in [6.45, 7) is 9.59. The summed E-state index contributed by atoms with van der Waals surface area (Å²) >= 11 is 0.